The van der Waals surface area contributed by atoms with Gasteiger partial charge in [-0.15, -0.1) is 0 Å². The number of esters is 1. The topological polar surface area (TPSA) is 77.8 Å². The second kappa shape index (κ2) is 5.99. The summed E-state index contributed by atoms with van der Waals surface area (Å²) in [6, 6.07) is 0.688. The first-order valence-electron chi connectivity index (χ1n) is 6.68. The van der Waals surface area contributed by atoms with Crippen molar-refractivity contribution in [3.8, 4) is 5.75 Å². The maximum atomic E-state index is 12.2. The summed E-state index contributed by atoms with van der Waals surface area (Å²) in [6.45, 7) is 2.09. The molecule has 1 aromatic rings. The van der Waals surface area contributed by atoms with Crippen molar-refractivity contribution < 1.29 is 19.1 Å². The molecule has 0 aliphatic carbocycles. The third-order valence-corrected chi connectivity index (χ3v) is 3.68. The lowest BCUT2D eigenvalue weighted by Crippen LogP contribution is -2.43. The number of ether oxygens (including phenoxy) is 2. The summed E-state index contributed by atoms with van der Waals surface area (Å²) in [5.41, 5.74) is 0.178. The van der Waals surface area contributed by atoms with Gasteiger partial charge in [0.25, 0.3) is 0 Å². The number of hydrogen-bond acceptors (Lipinski definition) is 5. The van der Waals surface area contributed by atoms with Crippen LogP contribution in [0.25, 0.3) is 0 Å². The zero-order valence-corrected chi connectivity index (χ0v) is 12.3. The number of aryl methyl sites for hydroxylation is 1. The van der Waals surface area contributed by atoms with Gasteiger partial charge in [0.05, 0.1) is 12.8 Å². The first-order chi connectivity index (χ1) is 9.95. The predicted molar refractivity (Wildman–Crippen MR) is 74.2 cm³/mol. The first-order valence-corrected chi connectivity index (χ1v) is 6.68. The van der Waals surface area contributed by atoms with Crippen LogP contribution in [0.5, 0.6) is 5.75 Å². The van der Waals surface area contributed by atoms with Gasteiger partial charge in [0.1, 0.15) is 6.04 Å². The van der Waals surface area contributed by atoms with Crippen molar-refractivity contribution in [3.05, 3.63) is 28.2 Å². The zero-order chi connectivity index (χ0) is 15.6. The highest BCUT2D eigenvalue weighted by Crippen LogP contribution is 2.21. The summed E-state index contributed by atoms with van der Waals surface area (Å²) in [5, 5.41) is 0. The van der Waals surface area contributed by atoms with Crippen LogP contribution in [-0.4, -0.2) is 41.2 Å². The lowest BCUT2D eigenvalue weighted by atomic mass is 10.2. The Bertz CT molecular complexity index is 622. The fourth-order valence-electron chi connectivity index (χ4n) is 2.34. The van der Waals surface area contributed by atoms with Crippen LogP contribution in [0.2, 0.25) is 0 Å². The Kier molecular flexibility index (Phi) is 4.30. The number of hydrogen-bond donors (Lipinski definition) is 0. The molecule has 7 heteroatoms. The van der Waals surface area contributed by atoms with Gasteiger partial charge in [-0.05, 0) is 19.8 Å². The average Bonchev–Trinajstić information content (AvgIpc) is 2.96. The molecule has 0 N–H and O–H groups in total. The van der Waals surface area contributed by atoms with Crippen molar-refractivity contribution in [2.24, 2.45) is 7.05 Å². The molecule has 7 nitrogen and oxygen atoms in total. The smallest absolute Gasteiger partial charge is 0.416 e. The lowest BCUT2D eigenvalue weighted by Gasteiger charge is -2.22. The van der Waals surface area contributed by atoms with E-state index in [1.165, 1.54) is 18.1 Å². The molecule has 1 atom stereocenters. The van der Waals surface area contributed by atoms with Crippen LogP contribution in [-0.2, 0) is 16.6 Å². The monoisotopic (exact) mass is 294 g/mol. The molecule has 1 saturated heterocycles. The van der Waals surface area contributed by atoms with E-state index in [0.29, 0.717) is 25.1 Å². The summed E-state index contributed by atoms with van der Waals surface area (Å²) in [4.78, 5) is 37.0. The number of carbonyl (C=O) groups excluding carboxylic acids is 2. The van der Waals surface area contributed by atoms with Crippen LogP contribution in [0, 0.1) is 6.92 Å². The van der Waals surface area contributed by atoms with Crippen molar-refractivity contribution in [1.29, 1.82) is 0 Å². The molecule has 21 heavy (non-hydrogen) atoms. The average molecular weight is 294 g/mol. The molecule has 1 aliphatic heterocycles. The fourth-order valence-corrected chi connectivity index (χ4v) is 2.34. The summed E-state index contributed by atoms with van der Waals surface area (Å²) in [6.07, 6.45) is 2.13. The maximum absolute atomic E-state index is 12.2. The van der Waals surface area contributed by atoms with E-state index < -0.39 is 18.1 Å². The zero-order valence-electron chi connectivity index (χ0n) is 12.3. The quantitative estimate of drug-likeness (QED) is 0.755. The van der Waals surface area contributed by atoms with Gasteiger partial charge in [0, 0.05) is 25.9 Å². The summed E-state index contributed by atoms with van der Waals surface area (Å²) in [5.74, 6) is -0.484. The van der Waals surface area contributed by atoms with Gasteiger partial charge in [-0.2, -0.15) is 0 Å². The Hall–Kier alpha value is -2.31. The summed E-state index contributed by atoms with van der Waals surface area (Å²) < 4.78 is 11.6. The standard InChI is InChI=1S/C14H18N2O5/c1-9-12(11(17)6-8-15(9)2)21-14(19)16-7-4-5-10(16)13(18)20-3/h6,8,10H,4-5,7H2,1-3H3. The lowest BCUT2D eigenvalue weighted by molar-refractivity contribution is -0.145. The van der Waals surface area contributed by atoms with E-state index in [1.807, 2.05) is 0 Å². The van der Waals surface area contributed by atoms with Gasteiger partial charge < -0.3 is 14.0 Å². The predicted octanol–water partition coefficient (Wildman–Crippen LogP) is 0.830. The number of pyridine rings is 1. The molecule has 0 spiro atoms. The van der Waals surface area contributed by atoms with E-state index >= 15 is 0 Å². The number of carbonyl (C=O) groups is 2. The van der Waals surface area contributed by atoms with Crippen molar-refractivity contribution >= 4 is 12.1 Å². The van der Waals surface area contributed by atoms with E-state index in [-0.39, 0.29) is 11.2 Å². The highest BCUT2D eigenvalue weighted by molar-refractivity contribution is 5.82. The molecular formula is C14H18N2O5. The minimum absolute atomic E-state index is 0.0134. The van der Waals surface area contributed by atoms with Gasteiger partial charge >= 0.3 is 12.1 Å². The van der Waals surface area contributed by atoms with Crippen LogP contribution < -0.4 is 10.2 Å². The molecule has 2 heterocycles. The Morgan fingerprint density at radius 1 is 1.38 bits per heavy atom. The Morgan fingerprint density at radius 2 is 2.10 bits per heavy atom. The molecule has 1 aliphatic rings. The van der Waals surface area contributed by atoms with Crippen molar-refractivity contribution in [3.63, 3.8) is 0 Å². The highest BCUT2D eigenvalue weighted by atomic mass is 16.6. The minimum Gasteiger partial charge on any atom is -0.467 e. The number of nitrogens with zero attached hydrogens (tertiary/aromatic N) is 2. The van der Waals surface area contributed by atoms with Crippen LogP contribution >= 0.6 is 0 Å². The van der Waals surface area contributed by atoms with E-state index in [9.17, 15) is 14.4 Å². The highest BCUT2D eigenvalue weighted by Gasteiger charge is 2.36. The Morgan fingerprint density at radius 3 is 2.76 bits per heavy atom. The van der Waals surface area contributed by atoms with Gasteiger partial charge in [-0.1, -0.05) is 0 Å². The molecule has 114 valence electrons. The van der Waals surface area contributed by atoms with Crippen molar-refractivity contribution in [2.45, 2.75) is 25.8 Å². The van der Waals surface area contributed by atoms with Crippen LogP contribution in [0.1, 0.15) is 18.5 Å². The molecule has 2 rings (SSSR count). The molecule has 0 saturated carbocycles. The van der Waals surface area contributed by atoms with Gasteiger partial charge in [0.2, 0.25) is 5.43 Å². The summed E-state index contributed by atoms with van der Waals surface area (Å²) in [7, 11) is 3.03. The van der Waals surface area contributed by atoms with Crippen molar-refractivity contribution in [2.75, 3.05) is 13.7 Å². The molecule has 0 aromatic carbocycles. The first kappa shape index (κ1) is 15.1. The molecular weight excluding hydrogens is 276 g/mol. The molecule has 1 fully saturated rings. The van der Waals surface area contributed by atoms with Gasteiger partial charge in [-0.3, -0.25) is 9.69 Å². The van der Waals surface area contributed by atoms with Crippen LogP contribution in [0.4, 0.5) is 4.79 Å². The second-order valence-corrected chi connectivity index (χ2v) is 4.95. The third kappa shape index (κ3) is 2.91. The van der Waals surface area contributed by atoms with E-state index in [1.54, 1.807) is 24.7 Å². The third-order valence-electron chi connectivity index (χ3n) is 3.68. The maximum Gasteiger partial charge on any atom is 0.416 e. The van der Waals surface area contributed by atoms with E-state index in [0.717, 1.165) is 0 Å². The number of likely N-dealkylation sites (tertiary alicyclic amines) is 1. The molecule has 1 aromatic heterocycles. The normalized spacial score (nSPS) is 17.7. The largest absolute Gasteiger partial charge is 0.467 e. The fraction of sp³-hybridized carbons (Fsp3) is 0.500. The number of methoxy groups -OCH3 is 1. The molecule has 1 unspecified atom stereocenters. The second-order valence-electron chi connectivity index (χ2n) is 4.95. The number of amides is 1. The SMILES string of the molecule is COC(=O)C1CCCN1C(=O)Oc1c(C)n(C)ccc1=O. The van der Waals surface area contributed by atoms with Crippen molar-refractivity contribution in [1.82, 2.24) is 9.47 Å². The Balaban J connectivity index is 2.21. The van der Waals surface area contributed by atoms with Crippen LogP contribution in [0.3, 0.4) is 0 Å². The van der Waals surface area contributed by atoms with Gasteiger partial charge in [-0.25, -0.2) is 9.59 Å². The van der Waals surface area contributed by atoms with Crippen LogP contribution in [0.15, 0.2) is 17.1 Å². The molecule has 0 radical (unpaired) electrons. The Labute approximate surface area is 122 Å². The molecule has 1 amide bonds. The summed E-state index contributed by atoms with van der Waals surface area (Å²) >= 11 is 0. The van der Waals surface area contributed by atoms with E-state index in [2.05, 4.69) is 4.74 Å². The molecule has 0 bridgehead atoms. The number of aromatic nitrogens is 1. The number of rotatable bonds is 2. The minimum atomic E-state index is -0.700. The van der Waals surface area contributed by atoms with Gasteiger partial charge in [0.15, 0.2) is 5.75 Å². The van der Waals surface area contributed by atoms with E-state index in [4.69, 9.17) is 4.74 Å².